The first-order valence-electron chi connectivity index (χ1n) is 9.55. The maximum absolute atomic E-state index is 13.1. The first-order chi connectivity index (χ1) is 15.1. The number of anilines is 1. The van der Waals surface area contributed by atoms with E-state index in [0.29, 0.717) is 22.7 Å². The molecular weight excluding hydrogens is 396 g/mol. The molecule has 1 fully saturated rings. The van der Waals surface area contributed by atoms with Crippen molar-refractivity contribution >= 4 is 23.1 Å². The van der Waals surface area contributed by atoms with Gasteiger partial charge in [0.15, 0.2) is 0 Å². The molecule has 4 rings (SSSR count). The number of hydrogen-bond acceptors (Lipinski definition) is 6. The van der Waals surface area contributed by atoms with Gasteiger partial charge in [-0.15, -0.1) is 0 Å². The fraction of sp³-hybridized carbons (Fsp3) is 0.125. The van der Waals surface area contributed by atoms with E-state index in [2.05, 4.69) is 4.98 Å². The number of methoxy groups -OCH3 is 2. The fourth-order valence-electron chi connectivity index (χ4n) is 3.69. The van der Waals surface area contributed by atoms with Crippen molar-refractivity contribution in [2.75, 3.05) is 19.1 Å². The molecule has 0 saturated carbocycles. The van der Waals surface area contributed by atoms with Gasteiger partial charge < -0.3 is 14.6 Å². The summed E-state index contributed by atoms with van der Waals surface area (Å²) < 4.78 is 10.6. The fourth-order valence-corrected chi connectivity index (χ4v) is 3.69. The van der Waals surface area contributed by atoms with Gasteiger partial charge in [0.2, 0.25) is 0 Å². The number of pyridine rings is 1. The maximum Gasteiger partial charge on any atom is 0.300 e. The Bertz CT molecular complexity index is 1160. The molecular formula is C24H20N2O5. The first-order valence-corrected chi connectivity index (χ1v) is 9.55. The minimum atomic E-state index is -0.822. The van der Waals surface area contributed by atoms with E-state index in [1.165, 1.54) is 19.1 Å². The normalized spacial score (nSPS) is 17.6. The van der Waals surface area contributed by atoms with Crippen molar-refractivity contribution in [3.05, 3.63) is 89.8 Å². The van der Waals surface area contributed by atoms with Gasteiger partial charge in [-0.05, 0) is 42.0 Å². The van der Waals surface area contributed by atoms with E-state index in [1.807, 2.05) is 6.07 Å². The summed E-state index contributed by atoms with van der Waals surface area (Å²) in [5, 5.41) is 11.2. The number of aromatic nitrogens is 1. The van der Waals surface area contributed by atoms with E-state index < -0.39 is 17.7 Å². The number of aliphatic hydroxyl groups excluding tert-OH is 1. The van der Waals surface area contributed by atoms with Crippen LogP contribution in [0.4, 0.5) is 5.69 Å². The number of carbonyl (C=O) groups excluding carboxylic acids is 2. The van der Waals surface area contributed by atoms with Crippen LogP contribution in [0.1, 0.15) is 17.2 Å². The van der Waals surface area contributed by atoms with E-state index >= 15 is 0 Å². The van der Waals surface area contributed by atoms with Gasteiger partial charge in [0.05, 0.1) is 31.4 Å². The van der Waals surface area contributed by atoms with Crippen LogP contribution >= 0.6 is 0 Å². The van der Waals surface area contributed by atoms with Gasteiger partial charge in [0.25, 0.3) is 11.7 Å². The molecule has 1 amide bonds. The van der Waals surface area contributed by atoms with Crippen molar-refractivity contribution < 1.29 is 24.2 Å². The number of carbonyl (C=O) groups is 2. The van der Waals surface area contributed by atoms with Crippen molar-refractivity contribution in [3.8, 4) is 11.5 Å². The zero-order chi connectivity index (χ0) is 22.0. The number of Topliss-reactive ketones (excluding diaryl/α,β-unsaturated/α-hetero) is 1. The molecule has 7 nitrogen and oxygen atoms in total. The van der Waals surface area contributed by atoms with E-state index in [4.69, 9.17) is 9.47 Å². The Kier molecular flexibility index (Phi) is 5.41. The van der Waals surface area contributed by atoms with Crippen LogP contribution in [0.5, 0.6) is 11.5 Å². The van der Waals surface area contributed by atoms with Crippen molar-refractivity contribution in [3.63, 3.8) is 0 Å². The minimum absolute atomic E-state index is 0.0245. The molecule has 1 N–H and O–H groups in total. The lowest BCUT2D eigenvalue weighted by Gasteiger charge is -2.25. The van der Waals surface area contributed by atoms with Crippen LogP contribution in [0.3, 0.4) is 0 Å². The number of benzene rings is 2. The van der Waals surface area contributed by atoms with E-state index in [9.17, 15) is 14.7 Å². The summed E-state index contributed by atoms with van der Waals surface area (Å²) in [4.78, 5) is 31.6. The molecule has 31 heavy (non-hydrogen) atoms. The van der Waals surface area contributed by atoms with Gasteiger partial charge in [-0.1, -0.05) is 18.2 Å². The van der Waals surface area contributed by atoms with Gasteiger partial charge in [-0.2, -0.15) is 0 Å². The molecule has 1 unspecified atom stereocenters. The quantitative estimate of drug-likeness (QED) is 0.387. The van der Waals surface area contributed by atoms with E-state index in [0.717, 1.165) is 0 Å². The van der Waals surface area contributed by atoms with Crippen LogP contribution in [0.2, 0.25) is 0 Å². The van der Waals surface area contributed by atoms with Crippen LogP contribution in [0.25, 0.3) is 5.76 Å². The third kappa shape index (κ3) is 3.50. The molecule has 2 heterocycles. The topological polar surface area (TPSA) is 89.0 Å². The summed E-state index contributed by atoms with van der Waals surface area (Å²) in [5.41, 5.74) is 1.45. The lowest BCUT2D eigenvalue weighted by molar-refractivity contribution is -0.132. The van der Waals surface area contributed by atoms with Gasteiger partial charge >= 0.3 is 0 Å². The number of nitrogens with zero attached hydrogens (tertiary/aromatic N) is 2. The summed E-state index contributed by atoms with van der Waals surface area (Å²) in [7, 11) is 2.97. The van der Waals surface area contributed by atoms with Gasteiger partial charge in [-0.3, -0.25) is 19.5 Å². The number of ketones is 1. The second-order valence-corrected chi connectivity index (χ2v) is 6.85. The monoisotopic (exact) mass is 416 g/mol. The lowest BCUT2D eigenvalue weighted by Crippen LogP contribution is -2.29. The number of para-hydroxylation sites is 1. The van der Waals surface area contributed by atoms with Crippen LogP contribution < -0.4 is 14.4 Å². The molecule has 1 aromatic heterocycles. The van der Waals surface area contributed by atoms with Crippen molar-refractivity contribution in [2.45, 2.75) is 6.04 Å². The second-order valence-electron chi connectivity index (χ2n) is 6.85. The number of aliphatic hydroxyl groups is 1. The average Bonchev–Trinajstić information content (AvgIpc) is 3.09. The molecule has 0 spiro atoms. The number of amides is 1. The van der Waals surface area contributed by atoms with Crippen LogP contribution in [-0.2, 0) is 9.59 Å². The Balaban J connectivity index is 1.95. The Labute approximate surface area is 179 Å². The average molecular weight is 416 g/mol. The largest absolute Gasteiger partial charge is 0.507 e. The molecule has 1 saturated heterocycles. The summed E-state index contributed by atoms with van der Waals surface area (Å²) >= 11 is 0. The van der Waals surface area contributed by atoms with Crippen molar-refractivity contribution in [1.82, 2.24) is 4.98 Å². The molecule has 0 aliphatic carbocycles. The third-order valence-electron chi connectivity index (χ3n) is 5.16. The van der Waals surface area contributed by atoms with Crippen LogP contribution in [0.15, 0.2) is 78.6 Å². The highest BCUT2D eigenvalue weighted by Crippen LogP contribution is 2.43. The van der Waals surface area contributed by atoms with Gasteiger partial charge in [-0.25, -0.2) is 0 Å². The molecule has 2 aromatic carbocycles. The Morgan fingerprint density at radius 2 is 1.68 bits per heavy atom. The summed E-state index contributed by atoms with van der Waals surface area (Å²) in [6.07, 6.45) is 3.16. The Hall–Kier alpha value is -4.13. The number of rotatable bonds is 5. The van der Waals surface area contributed by atoms with E-state index in [-0.39, 0.29) is 16.9 Å². The van der Waals surface area contributed by atoms with Gasteiger partial charge in [0, 0.05) is 24.1 Å². The van der Waals surface area contributed by atoms with Crippen molar-refractivity contribution in [2.24, 2.45) is 0 Å². The maximum atomic E-state index is 13.1. The highest BCUT2D eigenvalue weighted by atomic mass is 16.5. The third-order valence-corrected chi connectivity index (χ3v) is 5.16. The Morgan fingerprint density at radius 3 is 2.32 bits per heavy atom. The molecule has 0 bridgehead atoms. The highest BCUT2D eigenvalue weighted by molar-refractivity contribution is 6.51. The number of hydrogen-bond donors (Lipinski definition) is 1. The molecule has 3 aromatic rings. The lowest BCUT2D eigenvalue weighted by atomic mass is 9.95. The smallest absolute Gasteiger partial charge is 0.300 e. The molecule has 1 aliphatic heterocycles. The zero-order valence-corrected chi connectivity index (χ0v) is 17.0. The van der Waals surface area contributed by atoms with E-state index in [1.54, 1.807) is 67.0 Å². The standard InChI is InChI=1S/C24H20N2O5/c1-30-17-8-9-18(19(14-17)31-2)22(27)20-21(15-10-12-25-13-11-15)26(24(29)23(20)28)16-6-4-3-5-7-16/h3-14,21,27H,1-2H3/b22-20-. The predicted octanol–water partition coefficient (Wildman–Crippen LogP) is 3.73. The van der Waals surface area contributed by atoms with Crippen molar-refractivity contribution in [1.29, 1.82) is 0 Å². The van der Waals surface area contributed by atoms with Crippen LogP contribution in [0, 0.1) is 0 Å². The molecule has 7 heteroatoms. The second kappa shape index (κ2) is 8.31. The van der Waals surface area contributed by atoms with Crippen LogP contribution in [-0.4, -0.2) is 36.0 Å². The molecule has 1 aliphatic rings. The highest BCUT2D eigenvalue weighted by Gasteiger charge is 2.47. The first kappa shape index (κ1) is 20.2. The summed E-state index contributed by atoms with van der Waals surface area (Å²) in [5.74, 6) is -0.971. The SMILES string of the molecule is COc1ccc(/C(O)=C2/C(=O)C(=O)N(c3ccccc3)C2c2ccncc2)c(OC)c1. The predicted molar refractivity (Wildman–Crippen MR) is 115 cm³/mol. The number of ether oxygens (including phenoxy) is 2. The minimum Gasteiger partial charge on any atom is -0.507 e. The molecule has 1 atom stereocenters. The zero-order valence-electron chi connectivity index (χ0n) is 17.0. The Morgan fingerprint density at radius 1 is 0.968 bits per heavy atom. The summed E-state index contributed by atoms with van der Waals surface area (Å²) in [6, 6.07) is 16.3. The summed E-state index contributed by atoms with van der Waals surface area (Å²) in [6.45, 7) is 0. The molecule has 156 valence electrons. The van der Waals surface area contributed by atoms with Gasteiger partial charge in [0.1, 0.15) is 17.3 Å². The molecule has 0 radical (unpaired) electrons.